The monoisotopic (exact) mass is 296 g/mol. The van der Waals surface area contributed by atoms with E-state index in [0.717, 1.165) is 32.5 Å². The van der Waals surface area contributed by atoms with Crippen molar-refractivity contribution in [3.63, 3.8) is 0 Å². The zero-order chi connectivity index (χ0) is 15.8. The first-order valence-corrected chi connectivity index (χ1v) is 8.28. The second kappa shape index (κ2) is 6.23. The first-order chi connectivity index (χ1) is 9.76. The van der Waals surface area contributed by atoms with E-state index < -0.39 is 5.54 Å². The van der Waals surface area contributed by atoms with Crippen LogP contribution in [-0.4, -0.2) is 66.1 Å². The highest BCUT2D eigenvalue weighted by molar-refractivity contribution is 5.86. The van der Waals surface area contributed by atoms with Crippen LogP contribution in [0.3, 0.4) is 0 Å². The topological polar surface area (TPSA) is 61.6 Å². The number of likely N-dealkylation sites (N-methyl/N-ethyl adjacent to an activating group) is 1. The molecule has 5 nitrogen and oxygen atoms in total. The number of nitrogens with two attached hydrogens (primary N) is 1. The lowest BCUT2D eigenvalue weighted by atomic mass is 9.89. The van der Waals surface area contributed by atoms with E-state index >= 15 is 0 Å². The van der Waals surface area contributed by atoms with E-state index in [-0.39, 0.29) is 11.9 Å². The molecular weight excluding hydrogens is 264 g/mol. The summed E-state index contributed by atoms with van der Waals surface area (Å²) in [7, 11) is 2.18. The van der Waals surface area contributed by atoms with Crippen molar-refractivity contribution in [3.05, 3.63) is 0 Å². The zero-order valence-electron chi connectivity index (χ0n) is 14.2. The molecule has 2 fully saturated rings. The highest BCUT2D eigenvalue weighted by Crippen LogP contribution is 2.40. The third-order valence-electron chi connectivity index (χ3n) is 5.17. The summed E-state index contributed by atoms with van der Waals surface area (Å²) in [5.41, 5.74) is 5.28. The molecule has 2 aliphatic rings. The number of rotatable bonds is 6. The fourth-order valence-corrected chi connectivity index (χ4v) is 3.73. The van der Waals surface area contributed by atoms with Crippen molar-refractivity contribution in [2.75, 3.05) is 26.7 Å². The van der Waals surface area contributed by atoms with Gasteiger partial charge in [-0.3, -0.25) is 19.9 Å². The Bertz CT molecular complexity index is 370. The van der Waals surface area contributed by atoms with Crippen LogP contribution in [0.4, 0.5) is 0 Å². The van der Waals surface area contributed by atoms with Crippen LogP contribution in [0.5, 0.6) is 0 Å². The smallest absolute Gasteiger partial charge is 0.239 e. The van der Waals surface area contributed by atoms with Gasteiger partial charge in [0.25, 0.3) is 0 Å². The van der Waals surface area contributed by atoms with Crippen LogP contribution in [0.25, 0.3) is 0 Å². The van der Waals surface area contributed by atoms with Gasteiger partial charge in [-0.05, 0) is 53.5 Å². The molecule has 5 heteroatoms. The quantitative estimate of drug-likeness (QED) is 0.755. The van der Waals surface area contributed by atoms with E-state index in [1.807, 2.05) is 0 Å². The van der Waals surface area contributed by atoms with Gasteiger partial charge in [0.1, 0.15) is 5.54 Å². The normalized spacial score (nSPS) is 31.3. The van der Waals surface area contributed by atoms with Crippen molar-refractivity contribution in [1.29, 1.82) is 0 Å². The summed E-state index contributed by atoms with van der Waals surface area (Å²) in [6.45, 7) is 11.4. The summed E-state index contributed by atoms with van der Waals surface area (Å²) in [5, 5.41) is 3.51. The molecule has 3 atom stereocenters. The fraction of sp³-hybridized carbons (Fsp3) is 0.938. The Labute approximate surface area is 129 Å². The first-order valence-electron chi connectivity index (χ1n) is 8.28. The van der Waals surface area contributed by atoms with Gasteiger partial charge in [-0.25, -0.2) is 0 Å². The molecular formula is C16H32N4O. The molecule has 2 rings (SSSR count). The number of nitrogens with zero attached hydrogens (tertiary/aromatic N) is 2. The summed E-state index contributed by atoms with van der Waals surface area (Å²) in [5.74, 6) is 0.223. The average molecular weight is 296 g/mol. The van der Waals surface area contributed by atoms with Gasteiger partial charge in [0.05, 0.1) is 0 Å². The van der Waals surface area contributed by atoms with Gasteiger partial charge >= 0.3 is 0 Å². The molecule has 1 heterocycles. The Balaban J connectivity index is 2.13. The molecule has 1 saturated carbocycles. The number of piperazine rings is 1. The molecule has 3 N–H and O–H groups in total. The highest BCUT2D eigenvalue weighted by Gasteiger charge is 2.51. The maximum atomic E-state index is 12.3. The lowest BCUT2D eigenvalue weighted by Crippen LogP contribution is -2.67. The molecule has 3 unspecified atom stereocenters. The lowest BCUT2D eigenvalue weighted by molar-refractivity contribution is -0.127. The Morgan fingerprint density at radius 3 is 2.19 bits per heavy atom. The second-order valence-corrected chi connectivity index (χ2v) is 7.47. The van der Waals surface area contributed by atoms with Gasteiger partial charge in [0.2, 0.25) is 5.91 Å². The van der Waals surface area contributed by atoms with Crippen molar-refractivity contribution < 1.29 is 4.79 Å². The van der Waals surface area contributed by atoms with Crippen LogP contribution in [0.2, 0.25) is 0 Å². The van der Waals surface area contributed by atoms with Gasteiger partial charge < -0.3 is 5.73 Å². The van der Waals surface area contributed by atoms with Crippen LogP contribution >= 0.6 is 0 Å². The molecule has 1 aliphatic heterocycles. The number of nitrogens with one attached hydrogen (secondary N) is 1. The Kier molecular flexibility index (Phi) is 4.96. The molecule has 0 bridgehead atoms. The number of amides is 1. The third kappa shape index (κ3) is 3.58. The predicted molar refractivity (Wildman–Crippen MR) is 86.0 cm³/mol. The number of hydrogen-bond acceptors (Lipinski definition) is 4. The molecule has 0 aromatic heterocycles. The molecule has 0 aromatic carbocycles. The molecule has 122 valence electrons. The summed E-state index contributed by atoms with van der Waals surface area (Å²) < 4.78 is 0. The summed E-state index contributed by atoms with van der Waals surface area (Å²) >= 11 is 0. The van der Waals surface area contributed by atoms with Crippen LogP contribution < -0.4 is 11.1 Å². The van der Waals surface area contributed by atoms with Gasteiger partial charge in [0.15, 0.2) is 0 Å². The SMILES string of the molecule is CC(C)NC(CN1CC(C)N(C)C(C)C1)(C(N)=O)C1CC1. The highest BCUT2D eigenvalue weighted by atomic mass is 16.1. The summed E-state index contributed by atoms with van der Waals surface area (Å²) in [6, 6.07) is 1.29. The van der Waals surface area contributed by atoms with Crippen LogP contribution in [-0.2, 0) is 4.79 Å². The summed E-state index contributed by atoms with van der Waals surface area (Å²) in [4.78, 5) is 17.1. The number of hydrogen-bond donors (Lipinski definition) is 2. The number of carbonyl (C=O) groups is 1. The average Bonchev–Trinajstić information content (AvgIpc) is 3.18. The minimum Gasteiger partial charge on any atom is -0.368 e. The standard InChI is InChI=1S/C16H32N4O/c1-11(2)18-16(15(17)21,14-6-7-14)10-20-8-12(3)19(5)13(4)9-20/h11-14,18H,6-10H2,1-5H3,(H2,17,21). The Morgan fingerprint density at radius 1 is 1.29 bits per heavy atom. The maximum absolute atomic E-state index is 12.3. The Morgan fingerprint density at radius 2 is 1.81 bits per heavy atom. The van der Waals surface area contributed by atoms with Crippen molar-refractivity contribution in [1.82, 2.24) is 15.1 Å². The van der Waals surface area contributed by atoms with Crippen LogP contribution in [0.1, 0.15) is 40.5 Å². The van der Waals surface area contributed by atoms with E-state index in [9.17, 15) is 4.79 Å². The van der Waals surface area contributed by atoms with Crippen molar-refractivity contribution in [2.24, 2.45) is 11.7 Å². The minimum absolute atomic E-state index is 0.182. The van der Waals surface area contributed by atoms with Gasteiger partial charge in [-0.15, -0.1) is 0 Å². The zero-order valence-corrected chi connectivity index (χ0v) is 14.2. The van der Waals surface area contributed by atoms with E-state index in [1.165, 1.54) is 0 Å². The third-order valence-corrected chi connectivity index (χ3v) is 5.17. The molecule has 1 amide bonds. The van der Waals surface area contributed by atoms with Crippen molar-refractivity contribution in [2.45, 2.75) is 64.2 Å². The van der Waals surface area contributed by atoms with Crippen molar-refractivity contribution >= 4 is 5.91 Å². The molecule has 21 heavy (non-hydrogen) atoms. The van der Waals surface area contributed by atoms with E-state index in [4.69, 9.17) is 5.73 Å². The molecule has 1 aliphatic carbocycles. The number of carbonyl (C=O) groups excluding carboxylic acids is 1. The van der Waals surface area contributed by atoms with Crippen LogP contribution in [0, 0.1) is 5.92 Å². The predicted octanol–water partition coefficient (Wildman–Crippen LogP) is 0.643. The van der Waals surface area contributed by atoms with E-state index in [0.29, 0.717) is 18.0 Å². The largest absolute Gasteiger partial charge is 0.368 e. The molecule has 0 spiro atoms. The number of primary amides is 1. The van der Waals surface area contributed by atoms with E-state index in [1.54, 1.807) is 0 Å². The first kappa shape index (κ1) is 16.7. The molecule has 1 saturated heterocycles. The molecule has 0 radical (unpaired) electrons. The van der Waals surface area contributed by atoms with Gasteiger partial charge in [-0.1, -0.05) is 0 Å². The minimum atomic E-state index is -0.552. The molecule has 0 aromatic rings. The van der Waals surface area contributed by atoms with E-state index in [2.05, 4.69) is 49.9 Å². The maximum Gasteiger partial charge on any atom is 0.239 e. The fourth-order valence-electron chi connectivity index (χ4n) is 3.73. The second-order valence-electron chi connectivity index (χ2n) is 7.47. The van der Waals surface area contributed by atoms with Crippen molar-refractivity contribution in [3.8, 4) is 0 Å². The summed E-state index contributed by atoms with van der Waals surface area (Å²) in [6.07, 6.45) is 2.23. The van der Waals surface area contributed by atoms with Gasteiger partial charge in [-0.2, -0.15) is 0 Å². The lowest BCUT2D eigenvalue weighted by Gasteiger charge is -2.46. The Hall–Kier alpha value is -0.650. The van der Waals surface area contributed by atoms with Gasteiger partial charge in [0, 0.05) is 37.8 Å². The van der Waals surface area contributed by atoms with Crippen LogP contribution in [0.15, 0.2) is 0 Å².